The highest BCUT2D eigenvalue weighted by atomic mass is 33.1. The van der Waals surface area contributed by atoms with Crippen molar-refractivity contribution in [2.24, 2.45) is 0 Å². The SMILES string of the molecule is COc1cc2nc(c1)-c1nc3cc(ccc3o1)CNC(=O)CCCCCCCCCCSSCCCCCCCCCCC(=O)NCc1ccc3oc-2nc3c1. The van der Waals surface area contributed by atoms with Crippen molar-refractivity contribution >= 4 is 55.6 Å². The van der Waals surface area contributed by atoms with Crippen LogP contribution in [-0.4, -0.2) is 45.4 Å². The second kappa shape index (κ2) is 22.6. The second-order valence-corrected chi connectivity index (χ2v) is 17.5. The van der Waals surface area contributed by atoms with Gasteiger partial charge in [-0.25, -0.2) is 15.0 Å². The van der Waals surface area contributed by atoms with E-state index in [0.717, 1.165) is 36.8 Å². The van der Waals surface area contributed by atoms with Crippen molar-refractivity contribution in [3.8, 4) is 28.9 Å². The third-order valence-electron chi connectivity index (χ3n) is 10.2. The Bertz CT molecular complexity index is 1860. The molecule has 12 heteroatoms. The van der Waals surface area contributed by atoms with Gasteiger partial charge in [-0.2, -0.15) is 0 Å². The monoisotopic (exact) mass is 799 g/mol. The van der Waals surface area contributed by atoms with Gasteiger partial charge in [0.15, 0.2) is 11.2 Å². The van der Waals surface area contributed by atoms with Crippen LogP contribution in [0.15, 0.2) is 57.4 Å². The lowest BCUT2D eigenvalue weighted by molar-refractivity contribution is -0.122. The van der Waals surface area contributed by atoms with Gasteiger partial charge in [-0.1, -0.05) is 111 Å². The lowest BCUT2D eigenvalue weighted by Crippen LogP contribution is -2.22. The second-order valence-electron chi connectivity index (χ2n) is 14.8. The van der Waals surface area contributed by atoms with Crippen LogP contribution < -0.4 is 15.4 Å². The molecule has 0 saturated carbocycles. The standard InChI is InChI=1S/C44H57N5O5S2/c1-52-34-28-37-43-48-35-26-32(20-22-39(35)53-43)30-45-41(50)18-14-10-6-2-4-8-12-16-24-55-56-25-17-13-9-5-3-7-11-15-19-42(51)46-31-33-21-23-40-36(27-33)49-44(54-40)38(29-34)47-37/h20-23,26-29H,2-19,24-25,30-31H2,1H3,(H,45,50)(H,46,51). The molecule has 8 bridgehead atoms. The Labute approximate surface area is 338 Å². The molecule has 1 aliphatic rings. The van der Waals surface area contributed by atoms with Crippen molar-refractivity contribution < 1.29 is 23.2 Å². The van der Waals surface area contributed by atoms with Gasteiger partial charge in [0.25, 0.3) is 0 Å². The normalized spacial score (nSPS) is 17.8. The zero-order chi connectivity index (χ0) is 38.8. The van der Waals surface area contributed by atoms with Crippen molar-refractivity contribution in [1.82, 2.24) is 25.6 Å². The number of pyridine rings is 1. The highest BCUT2D eigenvalue weighted by Crippen LogP contribution is 2.32. The molecular formula is C44H57N5O5S2. The minimum absolute atomic E-state index is 0.0760. The Morgan fingerprint density at radius 1 is 0.536 bits per heavy atom. The van der Waals surface area contributed by atoms with Crippen molar-refractivity contribution in [2.75, 3.05) is 18.6 Å². The number of amides is 2. The number of hydrogen-bond donors (Lipinski definition) is 2. The molecule has 2 amide bonds. The minimum Gasteiger partial charge on any atom is -0.497 e. The van der Waals surface area contributed by atoms with E-state index >= 15 is 0 Å². The molecule has 1 aliphatic heterocycles. The summed E-state index contributed by atoms with van der Waals surface area (Å²) < 4.78 is 17.8. The van der Waals surface area contributed by atoms with E-state index in [2.05, 4.69) is 10.6 Å². The van der Waals surface area contributed by atoms with Crippen molar-refractivity contribution in [3.05, 3.63) is 59.7 Å². The topological polar surface area (TPSA) is 132 Å². The van der Waals surface area contributed by atoms with Gasteiger partial charge in [-0.15, -0.1) is 0 Å². The third-order valence-corrected chi connectivity index (χ3v) is 12.8. The van der Waals surface area contributed by atoms with E-state index in [1.165, 1.54) is 88.6 Å². The molecule has 0 radical (unpaired) electrons. The molecule has 3 aromatic heterocycles. The average molecular weight is 800 g/mol. The zero-order valence-electron chi connectivity index (χ0n) is 32.9. The summed E-state index contributed by atoms with van der Waals surface area (Å²) in [4.78, 5) is 39.5. The largest absolute Gasteiger partial charge is 0.497 e. The maximum Gasteiger partial charge on any atom is 0.246 e. The quantitative estimate of drug-likeness (QED) is 0.158. The Morgan fingerprint density at radius 2 is 0.946 bits per heavy atom. The molecule has 6 rings (SSSR count). The molecule has 2 N–H and O–H groups in total. The maximum absolute atomic E-state index is 12.6. The van der Waals surface area contributed by atoms with Crippen LogP contribution in [0.5, 0.6) is 5.75 Å². The van der Waals surface area contributed by atoms with Crippen LogP contribution in [0, 0.1) is 0 Å². The summed E-state index contributed by atoms with van der Waals surface area (Å²) in [5.74, 6) is 3.89. The fraction of sp³-hybridized carbons (Fsp3) is 0.523. The predicted molar refractivity (Wildman–Crippen MR) is 229 cm³/mol. The number of fused-ring (bicyclic) bond motifs is 8. The van der Waals surface area contributed by atoms with Gasteiger partial charge in [0.1, 0.15) is 28.2 Å². The number of ether oxygens (including phenoxy) is 1. The Morgan fingerprint density at radius 3 is 1.38 bits per heavy atom. The van der Waals surface area contributed by atoms with E-state index in [0.29, 0.717) is 77.0 Å². The molecule has 0 unspecified atom stereocenters. The van der Waals surface area contributed by atoms with Crippen molar-refractivity contribution in [2.45, 2.75) is 129 Å². The number of carbonyl (C=O) groups excluding carboxylic acids is 2. The van der Waals surface area contributed by atoms with E-state index < -0.39 is 0 Å². The van der Waals surface area contributed by atoms with Crippen LogP contribution in [-0.2, 0) is 22.7 Å². The van der Waals surface area contributed by atoms with E-state index in [1.807, 2.05) is 58.0 Å². The first-order chi connectivity index (χ1) is 27.5. The number of benzene rings is 2. The van der Waals surface area contributed by atoms with E-state index in [9.17, 15) is 9.59 Å². The summed E-state index contributed by atoms with van der Waals surface area (Å²) in [6.07, 6.45) is 20.5. The summed E-state index contributed by atoms with van der Waals surface area (Å²) in [6, 6.07) is 15.0. The molecule has 0 spiro atoms. The van der Waals surface area contributed by atoms with Gasteiger partial charge in [0.2, 0.25) is 23.6 Å². The molecule has 4 heterocycles. The molecule has 300 valence electrons. The lowest BCUT2D eigenvalue weighted by Gasteiger charge is -2.06. The average Bonchev–Trinajstić information content (AvgIpc) is 3.85. The Kier molecular flexibility index (Phi) is 16.8. The summed E-state index contributed by atoms with van der Waals surface area (Å²) in [5.41, 5.74) is 5.43. The van der Waals surface area contributed by atoms with Crippen LogP contribution in [0.1, 0.15) is 127 Å². The first kappa shape index (κ1) is 41.6. The molecule has 0 atom stereocenters. The highest BCUT2D eigenvalue weighted by Gasteiger charge is 2.18. The number of methoxy groups -OCH3 is 1. The zero-order valence-corrected chi connectivity index (χ0v) is 34.5. The smallest absolute Gasteiger partial charge is 0.246 e. The molecule has 0 aliphatic carbocycles. The van der Waals surface area contributed by atoms with Gasteiger partial charge in [-0.05, 0) is 61.1 Å². The van der Waals surface area contributed by atoms with Crippen LogP contribution in [0.3, 0.4) is 0 Å². The number of carbonyl (C=O) groups is 2. The van der Waals surface area contributed by atoms with Gasteiger partial charge in [-0.3, -0.25) is 9.59 Å². The Balaban J connectivity index is 1.08. The summed E-state index contributed by atoms with van der Waals surface area (Å²) in [5, 5.41) is 6.13. The van der Waals surface area contributed by atoms with Crippen LogP contribution in [0.4, 0.5) is 0 Å². The van der Waals surface area contributed by atoms with Crippen molar-refractivity contribution in [1.29, 1.82) is 0 Å². The molecular weight excluding hydrogens is 743 g/mol. The minimum atomic E-state index is 0.0760. The van der Waals surface area contributed by atoms with E-state index in [1.54, 1.807) is 19.2 Å². The van der Waals surface area contributed by atoms with Gasteiger partial charge < -0.3 is 24.2 Å². The van der Waals surface area contributed by atoms with Crippen LogP contribution in [0.25, 0.3) is 45.4 Å². The van der Waals surface area contributed by atoms with E-state index in [4.69, 9.17) is 28.5 Å². The summed E-state index contributed by atoms with van der Waals surface area (Å²) in [7, 11) is 5.68. The summed E-state index contributed by atoms with van der Waals surface area (Å²) in [6.45, 7) is 0.863. The number of nitrogens with zero attached hydrogens (tertiary/aromatic N) is 3. The molecule has 0 saturated heterocycles. The molecule has 5 aromatic rings. The highest BCUT2D eigenvalue weighted by molar-refractivity contribution is 8.76. The fourth-order valence-corrected chi connectivity index (χ4v) is 9.23. The third kappa shape index (κ3) is 13.3. The molecule has 2 aromatic carbocycles. The fourth-order valence-electron chi connectivity index (χ4n) is 6.94. The molecule has 56 heavy (non-hydrogen) atoms. The first-order valence-corrected chi connectivity index (χ1v) is 23.2. The number of oxazole rings is 2. The summed E-state index contributed by atoms with van der Waals surface area (Å²) >= 11 is 0. The lowest BCUT2D eigenvalue weighted by atomic mass is 10.1. The van der Waals surface area contributed by atoms with E-state index in [-0.39, 0.29) is 11.8 Å². The van der Waals surface area contributed by atoms with Crippen molar-refractivity contribution in [3.63, 3.8) is 0 Å². The van der Waals surface area contributed by atoms with Gasteiger partial charge in [0.05, 0.1) is 7.11 Å². The number of nitrogens with one attached hydrogen (secondary N) is 2. The van der Waals surface area contributed by atoms with Crippen LogP contribution in [0.2, 0.25) is 0 Å². The van der Waals surface area contributed by atoms with Crippen LogP contribution >= 0.6 is 21.6 Å². The molecule has 0 fully saturated rings. The number of aromatic nitrogens is 3. The predicted octanol–water partition coefficient (Wildman–Crippen LogP) is 11.4. The van der Waals surface area contributed by atoms with Gasteiger partial charge in [0, 0.05) is 49.6 Å². The molecule has 10 nitrogen and oxygen atoms in total. The maximum atomic E-state index is 12.6. The number of rotatable bonds is 1. The number of hydrogen-bond acceptors (Lipinski definition) is 10. The van der Waals surface area contributed by atoms with Gasteiger partial charge >= 0.3 is 0 Å². The first-order valence-electron chi connectivity index (χ1n) is 20.7. The Hall–Kier alpha value is -4.03.